The predicted molar refractivity (Wildman–Crippen MR) is 108 cm³/mol. The Balaban J connectivity index is 1.84. The van der Waals surface area contributed by atoms with Crippen molar-refractivity contribution >= 4 is 15.9 Å². The smallest absolute Gasteiger partial charge is 0.289 e. The average molecular weight is 405 g/mol. The van der Waals surface area contributed by atoms with Crippen molar-refractivity contribution < 1.29 is 17.6 Å². The molecular weight excluding hydrogens is 376 g/mol. The monoisotopic (exact) mass is 404 g/mol. The minimum absolute atomic E-state index is 0.195. The summed E-state index contributed by atoms with van der Waals surface area (Å²) in [4.78, 5) is 14.6. The Morgan fingerprint density at radius 1 is 0.821 bits per heavy atom. The lowest BCUT2D eigenvalue weighted by Gasteiger charge is -2.34. The number of amides is 1. The van der Waals surface area contributed by atoms with Gasteiger partial charge in [-0.25, -0.2) is 8.42 Å². The third-order valence-electron chi connectivity index (χ3n) is 6.01. The van der Waals surface area contributed by atoms with Crippen LogP contribution in [-0.4, -0.2) is 49.7 Å². The van der Waals surface area contributed by atoms with E-state index in [1.807, 2.05) is 34.6 Å². The minimum Gasteiger partial charge on any atom is -0.456 e. The van der Waals surface area contributed by atoms with E-state index in [1.54, 1.807) is 24.0 Å². The lowest BCUT2D eigenvalue weighted by atomic mass is 9.95. The van der Waals surface area contributed by atoms with Crippen LogP contribution in [0.15, 0.2) is 21.4 Å². The molecule has 0 saturated carbocycles. The molecule has 0 spiro atoms. The standard InChI is InChI=1S/C21H28N2O4S/c1-13-7-8-19(27-13)21(24)22-9-11-23(12-10-22)28(25,26)20-17(5)15(3)14(2)16(4)18(20)6/h7-8H,9-12H2,1-6H3. The molecule has 0 unspecified atom stereocenters. The summed E-state index contributed by atoms with van der Waals surface area (Å²) in [6, 6.07) is 3.41. The molecule has 1 aliphatic rings. The van der Waals surface area contributed by atoms with Crippen LogP contribution in [0.3, 0.4) is 0 Å². The molecular formula is C21H28N2O4S. The summed E-state index contributed by atoms with van der Waals surface area (Å²) >= 11 is 0. The van der Waals surface area contributed by atoms with E-state index in [9.17, 15) is 13.2 Å². The Morgan fingerprint density at radius 2 is 1.32 bits per heavy atom. The van der Waals surface area contributed by atoms with E-state index in [-0.39, 0.29) is 19.0 Å². The van der Waals surface area contributed by atoms with Crippen molar-refractivity contribution in [2.24, 2.45) is 0 Å². The largest absolute Gasteiger partial charge is 0.456 e. The number of aryl methyl sites for hydroxylation is 1. The zero-order valence-corrected chi connectivity index (χ0v) is 18.2. The van der Waals surface area contributed by atoms with E-state index in [0.717, 1.165) is 27.8 Å². The van der Waals surface area contributed by atoms with E-state index in [0.29, 0.717) is 29.5 Å². The van der Waals surface area contributed by atoms with Crippen molar-refractivity contribution in [3.63, 3.8) is 0 Å². The van der Waals surface area contributed by atoms with Gasteiger partial charge in [0.25, 0.3) is 5.91 Å². The average Bonchev–Trinajstić information content (AvgIpc) is 3.10. The second-order valence-electron chi connectivity index (χ2n) is 7.56. The van der Waals surface area contributed by atoms with Gasteiger partial charge in [-0.15, -0.1) is 0 Å². The molecule has 1 amide bonds. The minimum atomic E-state index is -3.62. The van der Waals surface area contributed by atoms with E-state index in [2.05, 4.69) is 0 Å². The van der Waals surface area contributed by atoms with Crippen LogP contribution in [0.5, 0.6) is 0 Å². The maximum Gasteiger partial charge on any atom is 0.289 e. The highest BCUT2D eigenvalue weighted by molar-refractivity contribution is 7.89. The number of hydrogen-bond acceptors (Lipinski definition) is 4. The zero-order valence-electron chi connectivity index (χ0n) is 17.4. The fourth-order valence-corrected chi connectivity index (χ4v) is 5.80. The first kappa shape index (κ1) is 20.6. The Kier molecular flexibility index (Phi) is 5.42. The first-order valence-corrected chi connectivity index (χ1v) is 10.9. The van der Waals surface area contributed by atoms with Gasteiger partial charge in [0.2, 0.25) is 10.0 Å². The van der Waals surface area contributed by atoms with Gasteiger partial charge in [0, 0.05) is 26.2 Å². The molecule has 152 valence electrons. The van der Waals surface area contributed by atoms with Crippen molar-refractivity contribution in [2.75, 3.05) is 26.2 Å². The van der Waals surface area contributed by atoms with Gasteiger partial charge < -0.3 is 9.32 Å². The highest BCUT2D eigenvalue weighted by atomic mass is 32.2. The first-order valence-electron chi connectivity index (χ1n) is 9.48. The molecule has 0 atom stereocenters. The van der Waals surface area contributed by atoms with Gasteiger partial charge >= 0.3 is 0 Å². The SMILES string of the molecule is Cc1ccc(C(=O)N2CCN(S(=O)(=O)c3c(C)c(C)c(C)c(C)c3C)CC2)o1. The number of nitrogens with zero attached hydrogens (tertiary/aromatic N) is 2. The third kappa shape index (κ3) is 3.37. The number of furan rings is 1. The summed E-state index contributed by atoms with van der Waals surface area (Å²) in [7, 11) is -3.62. The van der Waals surface area contributed by atoms with Gasteiger partial charge in [0.15, 0.2) is 5.76 Å². The summed E-state index contributed by atoms with van der Waals surface area (Å²) < 4.78 is 33.7. The molecule has 1 aromatic heterocycles. The van der Waals surface area contributed by atoms with E-state index in [4.69, 9.17) is 4.42 Å². The van der Waals surface area contributed by atoms with Gasteiger partial charge in [0.1, 0.15) is 5.76 Å². The van der Waals surface area contributed by atoms with Crippen molar-refractivity contribution in [3.8, 4) is 0 Å². The number of benzene rings is 1. The Hall–Kier alpha value is -2.12. The zero-order chi connectivity index (χ0) is 20.8. The summed E-state index contributed by atoms with van der Waals surface area (Å²) in [5.41, 5.74) is 4.79. The molecule has 2 heterocycles. The van der Waals surface area contributed by atoms with Gasteiger partial charge in [0.05, 0.1) is 4.90 Å². The number of rotatable bonds is 3. The number of carbonyl (C=O) groups is 1. The second kappa shape index (κ2) is 7.37. The van der Waals surface area contributed by atoms with Crippen LogP contribution in [0, 0.1) is 41.5 Å². The molecule has 1 fully saturated rings. The van der Waals surface area contributed by atoms with Crippen LogP contribution in [0.2, 0.25) is 0 Å². The lowest BCUT2D eigenvalue weighted by molar-refractivity contribution is 0.0664. The molecule has 6 nitrogen and oxygen atoms in total. The van der Waals surface area contributed by atoms with Gasteiger partial charge in [-0.2, -0.15) is 4.31 Å². The van der Waals surface area contributed by atoms with Crippen molar-refractivity contribution in [3.05, 3.63) is 51.5 Å². The number of sulfonamides is 1. The molecule has 0 aliphatic carbocycles. The van der Waals surface area contributed by atoms with Crippen LogP contribution in [0.25, 0.3) is 0 Å². The number of piperazine rings is 1. The molecule has 0 bridgehead atoms. The maximum atomic E-state index is 13.4. The molecule has 3 rings (SSSR count). The molecule has 0 N–H and O–H groups in total. The fraction of sp³-hybridized carbons (Fsp3) is 0.476. The topological polar surface area (TPSA) is 70.8 Å². The van der Waals surface area contributed by atoms with Gasteiger partial charge in [-0.3, -0.25) is 4.79 Å². The molecule has 7 heteroatoms. The fourth-order valence-electron chi connectivity index (χ4n) is 3.82. The summed E-state index contributed by atoms with van der Waals surface area (Å²) in [6.45, 7) is 12.8. The molecule has 1 aromatic carbocycles. The van der Waals surface area contributed by atoms with Gasteiger partial charge in [-0.1, -0.05) is 0 Å². The molecule has 1 aliphatic heterocycles. The van der Waals surface area contributed by atoms with Crippen LogP contribution in [0.4, 0.5) is 0 Å². The Morgan fingerprint density at radius 3 is 1.79 bits per heavy atom. The van der Waals surface area contributed by atoms with Crippen LogP contribution in [0.1, 0.15) is 44.1 Å². The Labute approximate surface area is 167 Å². The lowest BCUT2D eigenvalue weighted by Crippen LogP contribution is -2.50. The summed E-state index contributed by atoms with van der Waals surface area (Å²) in [5, 5.41) is 0. The van der Waals surface area contributed by atoms with Crippen LogP contribution < -0.4 is 0 Å². The third-order valence-corrected chi connectivity index (χ3v) is 8.18. The Bertz CT molecular complexity index is 1000. The summed E-state index contributed by atoms with van der Waals surface area (Å²) in [6.07, 6.45) is 0. The number of hydrogen-bond donors (Lipinski definition) is 0. The molecule has 28 heavy (non-hydrogen) atoms. The molecule has 1 saturated heterocycles. The van der Waals surface area contributed by atoms with E-state index < -0.39 is 10.0 Å². The highest BCUT2D eigenvalue weighted by Crippen LogP contribution is 2.32. The van der Waals surface area contributed by atoms with Crippen molar-refractivity contribution in [2.45, 2.75) is 46.4 Å². The molecule has 2 aromatic rings. The number of carbonyl (C=O) groups excluding carboxylic acids is 1. The normalized spacial score (nSPS) is 15.9. The van der Waals surface area contributed by atoms with Gasteiger partial charge in [-0.05, 0) is 81.5 Å². The second-order valence-corrected chi connectivity index (χ2v) is 9.44. The van der Waals surface area contributed by atoms with Crippen LogP contribution >= 0.6 is 0 Å². The van der Waals surface area contributed by atoms with Crippen molar-refractivity contribution in [1.29, 1.82) is 0 Å². The maximum absolute atomic E-state index is 13.4. The van der Waals surface area contributed by atoms with E-state index >= 15 is 0 Å². The predicted octanol–water partition coefficient (Wildman–Crippen LogP) is 3.28. The first-order chi connectivity index (χ1) is 13.1. The van der Waals surface area contributed by atoms with Crippen molar-refractivity contribution in [1.82, 2.24) is 9.21 Å². The summed E-state index contributed by atoms with van der Waals surface area (Å²) in [5.74, 6) is 0.783. The van der Waals surface area contributed by atoms with E-state index in [1.165, 1.54) is 4.31 Å². The molecule has 0 radical (unpaired) electrons. The highest BCUT2D eigenvalue weighted by Gasteiger charge is 2.34. The van der Waals surface area contributed by atoms with Crippen LogP contribution in [-0.2, 0) is 10.0 Å². The quantitative estimate of drug-likeness (QED) is 0.787.